The number of nitrogens with zero attached hydrogens (tertiary/aromatic N) is 6. The number of carbonyl (C=O) groups is 2. The standard InChI is InChI=1S/C26H24ClN7O4/c27-21-9-3-7-19(14-21)26(37,20-8-4-12-32(38)16-20)25(36)33-13-5-11-23(33)24(35)28-15-18-6-1-2-10-22(18)34-17-29-30-31-34/h1-4,6-10,12,14,16-17,23,37H,5,11,13,15H2,(H,28,35). The van der Waals surface area contributed by atoms with Crippen LogP contribution in [0.3, 0.4) is 0 Å². The van der Waals surface area contributed by atoms with Gasteiger partial charge in [-0.3, -0.25) is 9.59 Å². The number of nitrogens with one attached hydrogen (secondary N) is 1. The van der Waals surface area contributed by atoms with E-state index >= 15 is 0 Å². The fourth-order valence-electron chi connectivity index (χ4n) is 4.74. The van der Waals surface area contributed by atoms with Crippen molar-refractivity contribution >= 4 is 23.4 Å². The topological polar surface area (TPSA) is 140 Å². The molecule has 2 aromatic heterocycles. The largest absolute Gasteiger partial charge is 0.619 e. The first-order chi connectivity index (χ1) is 18.4. The number of benzene rings is 2. The van der Waals surface area contributed by atoms with Gasteiger partial charge in [0, 0.05) is 24.2 Å². The Hall–Kier alpha value is -4.35. The fourth-order valence-corrected chi connectivity index (χ4v) is 4.93. The second-order valence-electron chi connectivity index (χ2n) is 8.93. The van der Waals surface area contributed by atoms with Gasteiger partial charge in [0.1, 0.15) is 12.4 Å². The molecule has 2 atom stereocenters. The van der Waals surface area contributed by atoms with Crippen LogP contribution in [0.15, 0.2) is 79.4 Å². The monoisotopic (exact) mass is 533 g/mol. The molecule has 11 nitrogen and oxygen atoms in total. The molecule has 5 rings (SSSR count). The molecule has 2 N–H and O–H groups in total. The van der Waals surface area contributed by atoms with E-state index in [2.05, 4.69) is 20.8 Å². The lowest BCUT2D eigenvalue weighted by Crippen LogP contribution is -2.53. The highest BCUT2D eigenvalue weighted by Gasteiger charge is 2.48. The lowest BCUT2D eigenvalue weighted by molar-refractivity contribution is -0.606. The molecular weight excluding hydrogens is 510 g/mol. The third-order valence-corrected chi connectivity index (χ3v) is 6.84. The fraction of sp³-hybridized carbons (Fsp3) is 0.231. The van der Waals surface area contributed by atoms with Crippen LogP contribution in [-0.4, -0.2) is 54.6 Å². The minimum absolute atomic E-state index is 0.0729. The van der Waals surface area contributed by atoms with Crippen molar-refractivity contribution < 1.29 is 19.4 Å². The minimum atomic E-state index is -2.23. The van der Waals surface area contributed by atoms with Gasteiger partial charge in [-0.05, 0) is 58.7 Å². The van der Waals surface area contributed by atoms with E-state index in [0.717, 1.165) is 11.8 Å². The predicted molar refractivity (Wildman–Crippen MR) is 136 cm³/mol. The summed E-state index contributed by atoms with van der Waals surface area (Å²) in [5.74, 6) is -1.07. The summed E-state index contributed by atoms with van der Waals surface area (Å²) in [5, 5.41) is 38.4. The molecular formula is C26H24ClN7O4. The van der Waals surface area contributed by atoms with E-state index in [9.17, 15) is 19.9 Å². The van der Waals surface area contributed by atoms with Gasteiger partial charge < -0.3 is 20.5 Å². The molecule has 0 radical (unpaired) electrons. The van der Waals surface area contributed by atoms with E-state index in [4.69, 9.17) is 11.6 Å². The number of carbonyl (C=O) groups excluding carboxylic acids is 2. The number of para-hydroxylation sites is 1. The quantitative estimate of drug-likeness (QED) is 0.271. The van der Waals surface area contributed by atoms with Gasteiger partial charge in [-0.2, -0.15) is 4.73 Å². The van der Waals surface area contributed by atoms with Crippen LogP contribution in [0.2, 0.25) is 5.02 Å². The number of rotatable bonds is 7. The molecule has 0 spiro atoms. The van der Waals surface area contributed by atoms with Crippen molar-refractivity contribution in [3.8, 4) is 5.69 Å². The van der Waals surface area contributed by atoms with Crippen LogP contribution in [-0.2, 0) is 21.7 Å². The van der Waals surface area contributed by atoms with E-state index in [1.54, 1.807) is 18.2 Å². The van der Waals surface area contributed by atoms with Crippen LogP contribution in [0.25, 0.3) is 5.69 Å². The molecule has 2 aromatic carbocycles. The van der Waals surface area contributed by atoms with Crippen molar-refractivity contribution in [2.45, 2.75) is 31.0 Å². The van der Waals surface area contributed by atoms with Crippen LogP contribution in [0.1, 0.15) is 29.5 Å². The molecule has 2 amide bonds. The molecule has 12 heteroatoms. The Morgan fingerprint density at radius 2 is 1.97 bits per heavy atom. The van der Waals surface area contributed by atoms with E-state index in [-0.39, 0.29) is 30.1 Å². The molecule has 194 valence electrons. The number of pyridine rings is 1. The Morgan fingerprint density at radius 3 is 2.74 bits per heavy atom. The summed E-state index contributed by atoms with van der Waals surface area (Å²) in [4.78, 5) is 28.7. The molecule has 3 heterocycles. The van der Waals surface area contributed by atoms with Gasteiger partial charge in [0.25, 0.3) is 5.91 Å². The van der Waals surface area contributed by atoms with Gasteiger partial charge in [-0.1, -0.05) is 41.9 Å². The summed E-state index contributed by atoms with van der Waals surface area (Å²) in [5.41, 5.74) is -0.467. The SMILES string of the molecule is O=C(NCc1ccccc1-n1cnnn1)C1CCCN1C(=O)C(O)(c1cccc(Cl)c1)c1ccc[n+]([O-])c1. The number of aromatic nitrogens is 5. The van der Waals surface area contributed by atoms with Crippen LogP contribution < -0.4 is 10.0 Å². The van der Waals surface area contributed by atoms with Crippen LogP contribution in [0.5, 0.6) is 0 Å². The van der Waals surface area contributed by atoms with Crippen LogP contribution in [0.4, 0.5) is 0 Å². The average Bonchev–Trinajstić information content (AvgIpc) is 3.64. The number of likely N-dealkylation sites (tertiary alicyclic amines) is 1. The second-order valence-corrected chi connectivity index (χ2v) is 9.37. The zero-order valence-corrected chi connectivity index (χ0v) is 20.9. The molecule has 1 saturated heterocycles. The molecule has 4 aromatic rings. The Kier molecular flexibility index (Phi) is 7.03. The summed E-state index contributed by atoms with van der Waals surface area (Å²) in [7, 11) is 0. The van der Waals surface area contributed by atoms with Gasteiger partial charge in [0.15, 0.2) is 18.0 Å². The van der Waals surface area contributed by atoms with Gasteiger partial charge >= 0.3 is 0 Å². The normalized spacial score (nSPS) is 16.7. The third-order valence-electron chi connectivity index (χ3n) is 6.60. The van der Waals surface area contributed by atoms with Crippen molar-refractivity contribution in [1.29, 1.82) is 0 Å². The zero-order chi connectivity index (χ0) is 26.7. The first-order valence-corrected chi connectivity index (χ1v) is 12.3. The molecule has 1 aliphatic rings. The predicted octanol–water partition coefficient (Wildman–Crippen LogP) is 1.49. The molecule has 1 aliphatic heterocycles. The molecule has 0 bridgehead atoms. The van der Waals surface area contributed by atoms with Gasteiger partial charge in [0.2, 0.25) is 5.91 Å². The zero-order valence-electron chi connectivity index (χ0n) is 20.1. The first kappa shape index (κ1) is 25.3. The molecule has 0 aliphatic carbocycles. The van der Waals surface area contributed by atoms with Gasteiger partial charge in [-0.25, -0.2) is 4.68 Å². The van der Waals surface area contributed by atoms with Crippen molar-refractivity contribution in [3.63, 3.8) is 0 Å². The summed E-state index contributed by atoms with van der Waals surface area (Å²) in [6, 6.07) is 15.8. The van der Waals surface area contributed by atoms with Gasteiger partial charge in [-0.15, -0.1) is 5.10 Å². The van der Waals surface area contributed by atoms with Gasteiger partial charge in [0.05, 0.1) is 11.3 Å². The lowest BCUT2D eigenvalue weighted by atomic mass is 9.85. The van der Waals surface area contributed by atoms with Crippen molar-refractivity contribution in [2.24, 2.45) is 0 Å². The van der Waals surface area contributed by atoms with Crippen LogP contribution in [0, 0.1) is 5.21 Å². The number of tetrazole rings is 1. The Bertz CT molecular complexity index is 1420. The average molecular weight is 534 g/mol. The highest BCUT2D eigenvalue weighted by molar-refractivity contribution is 6.30. The number of amides is 2. The van der Waals surface area contributed by atoms with Crippen molar-refractivity contribution in [3.05, 3.63) is 106 Å². The molecule has 0 saturated carbocycles. The molecule has 2 unspecified atom stereocenters. The Balaban J connectivity index is 1.41. The smallest absolute Gasteiger partial charge is 0.264 e. The van der Waals surface area contributed by atoms with E-state index in [1.165, 1.54) is 40.3 Å². The minimum Gasteiger partial charge on any atom is -0.619 e. The van der Waals surface area contributed by atoms with E-state index < -0.39 is 17.6 Å². The highest BCUT2D eigenvalue weighted by atomic mass is 35.5. The maximum Gasteiger partial charge on any atom is 0.264 e. The maximum absolute atomic E-state index is 14.0. The summed E-state index contributed by atoms with van der Waals surface area (Å²) in [6.07, 6.45) is 4.86. The van der Waals surface area contributed by atoms with E-state index in [1.807, 2.05) is 24.3 Å². The lowest BCUT2D eigenvalue weighted by Gasteiger charge is -2.34. The van der Waals surface area contributed by atoms with Crippen LogP contribution >= 0.6 is 11.6 Å². The Labute approximate surface area is 222 Å². The van der Waals surface area contributed by atoms with E-state index in [0.29, 0.717) is 28.3 Å². The summed E-state index contributed by atoms with van der Waals surface area (Å²) in [6.45, 7) is 0.450. The number of hydrogen-bond acceptors (Lipinski definition) is 7. The summed E-state index contributed by atoms with van der Waals surface area (Å²) >= 11 is 6.18. The number of halogens is 1. The number of aliphatic hydroxyl groups is 1. The third kappa shape index (κ3) is 4.81. The highest BCUT2D eigenvalue weighted by Crippen LogP contribution is 2.35. The first-order valence-electron chi connectivity index (χ1n) is 12.0. The Morgan fingerprint density at radius 1 is 1.16 bits per heavy atom. The second kappa shape index (κ2) is 10.6. The van der Waals surface area contributed by atoms with Crippen molar-refractivity contribution in [1.82, 2.24) is 30.4 Å². The number of hydrogen-bond donors (Lipinski definition) is 2. The molecule has 1 fully saturated rings. The summed E-state index contributed by atoms with van der Waals surface area (Å²) < 4.78 is 2.01. The molecule has 38 heavy (non-hydrogen) atoms. The van der Waals surface area contributed by atoms with Crippen molar-refractivity contribution in [2.75, 3.05) is 6.54 Å². The maximum atomic E-state index is 14.0.